The number of carboxylic acids is 1. The summed E-state index contributed by atoms with van der Waals surface area (Å²) in [6, 6.07) is 10.8. The van der Waals surface area contributed by atoms with Crippen molar-refractivity contribution in [2.75, 3.05) is 0 Å². The SMILES string of the molecule is CC.O=C(O)c1cc(Cl)sc1-c1ccccc1. The van der Waals surface area contributed by atoms with Crippen LogP contribution in [0.25, 0.3) is 10.4 Å². The summed E-state index contributed by atoms with van der Waals surface area (Å²) in [6.07, 6.45) is 0. The molecule has 0 aliphatic carbocycles. The van der Waals surface area contributed by atoms with Crippen LogP contribution in [0, 0.1) is 0 Å². The molecule has 1 aromatic carbocycles. The molecular formula is C13H13ClO2S. The molecule has 17 heavy (non-hydrogen) atoms. The lowest BCUT2D eigenvalue weighted by molar-refractivity contribution is 0.0698. The van der Waals surface area contributed by atoms with Crippen molar-refractivity contribution in [3.05, 3.63) is 46.3 Å². The number of hydrogen-bond donors (Lipinski definition) is 1. The van der Waals surface area contributed by atoms with Crippen molar-refractivity contribution in [3.63, 3.8) is 0 Å². The summed E-state index contributed by atoms with van der Waals surface area (Å²) in [5.41, 5.74) is 1.14. The van der Waals surface area contributed by atoms with Crippen LogP contribution in [0.15, 0.2) is 36.4 Å². The molecular weight excluding hydrogens is 256 g/mol. The highest BCUT2D eigenvalue weighted by Crippen LogP contribution is 2.35. The lowest BCUT2D eigenvalue weighted by atomic mass is 10.1. The smallest absolute Gasteiger partial charge is 0.337 e. The number of carbonyl (C=O) groups is 1. The quantitative estimate of drug-likeness (QED) is 0.850. The minimum atomic E-state index is -0.947. The van der Waals surface area contributed by atoms with Crippen molar-refractivity contribution in [3.8, 4) is 10.4 Å². The van der Waals surface area contributed by atoms with Crippen LogP contribution in [-0.4, -0.2) is 11.1 Å². The molecule has 0 spiro atoms. The van der Waals surface area contributed by atoms with Crippen molar-refractivity contribution in [1.82, 2.24) is 0 Å². The average Bonchev–Trinajstić information content (AvgIpc) is 2.75. The maximum absolute atomic E-state index is 11.0. The van der Waals surface area contributed by atoms with E-state index in [9.17, 15) is 4.79 Å². The monoisotopic (exact) mass is 268 g/mol. The molecule has 4 heteroatoms. The minimum Gasteiger partial charge on any atom is -0.478 e. The highest BCUT2D eigenvalue weighted by atomic mass is 35.5. The molecule has 2 nitrogen and oxygen atoms in total. The van der Waals surface area contributed by atoms with E-state index in [0.717, 1.165) is 5.56 Å². The molecule has 0 saturated heterocycles. The Bertz CT molecular complexity index is 491. The van der Waals surface area contributed by atoms with Crippen LogP contribution in [0.5, 0.6) is 0 Å². The molecule has 0 unspecified atom stereocenters. The van der Waals surface area contributed by atoms with Crippen LogP contribution in [0.4, 0.5) is 0 Å². The summed E-state index contributed by atoms with van der Waals surface area (Å²) in [4.78, 5) is 11.7. The second-order valence-electron chi connectivity index (χ2n) is 2.96. The van der Waals surface area contributed by atoms with Gasteiger partial charge in [-0.05, 0) is 11.6 Å². The van der Waals surface area contributed by atoms with Crippen LogP contribution in [0.2, 0.25) is 4.34 Å². The summed E-state index contributed by atoms with van der Waals surface area (Å²) in [7, 11) is 0. The largest absolute Gasteiger partial charge is 0.478 e. The van der Waals surface area contributed by atoms with Gasteiger partial charge in [0.15, 0.2) is 0 Å². The molecule has 2 rings (SSSR count). The molecule has 0 radical (unpaired) electrons. The van der Waals surface area contributed by atoms with E-state index in [1.165, 1.54) is 17.4 Å². The van der Waals surface area contributed by atoms with E-state index in [0.29, 0.717) is 9.21 Å². The van der Waals surface area contributed by atoms with Gasteiger partial charge in [-0.2, -0.15) is 0 Å². The number of rotatable bonds is 2. The van der Waals surface area contributed by atoms with E-state index >= 15 is 0 Å². The van der Waals surface area contributed by atoms with Gasteiger partial charge in [0.25, 0.3) is 0 Å². The highest BCUT2D eigenvalue weighted by Gasteiger charge is 2.15. The molecule has 0 saturated carbocycles. The number of hydrogen-bond acceptors (Lipinski definition) is 2. The summed E-state index contributed by atoms with van der Waals surface area (Å²) in [5.74, 6) is -0.947. The molecule has 0 bridgehead atoms. The fourth-order valence-electron chi connectivity index (χ4n) is 1.32. The standard InChI is InChI=1S/C11H7ClO2S.C2H6/c12-9-6-8(11(13)14)10(15-9)7-4-2-1-3-5-7;1-2/h1-6H,(H,13,14);1-2H3. The van der Waals surface area contributed by atoms with Gasteiger partial charge in [0.05, 0.1) is 14.8 Å². The van der Waals surface area contributed by atoms with Crippen LogP contribution in [-0.2, 0) is 0 Å². The van der Waals surface area contributed by atoms with Gasteiger partial charge in [0.1, 0.15) is 0 Å². The van der Waals surface area contributed by atoms with E-state index in [1.807, 2.05) is 44.2 Å². The Balaban J connectivity index is 0.000000686. The third kappa shape index (κ3) is 3.32. The molecule has 0 fully saturated rings. The van der Waals surface area contributed by atoms with Gasteiger partial charge in [-0.1, -0.05) is 55.8 Å². The van der Waals surface area contributed by atoms with Gasteiger partial charge in [-0.25, -0.2) is 4.79 Å². The van der Waals surface area contributed by atoms with Crippen molar-refractivity contribution in [2.24, 2.45) is 0 Å². The highest BCUT2D eigenvalue weighted by molar-refractivity contribution is 7.19. The van der Waals surface area contributed by atoms with Crippen molar-refractivity contribution < 1.29 is 9.90 Å². The number of aromatic carboxylic acids is 1. The zero-order chi connectivity index (χ0) is 12.8. The van der Waals surface area contributed by atoms with Crippen molar-refractivity contribution in [1.29, 1.82) is 0 Å². The third-order valence-electron chi connectivity index (χ3n) is 1.97. The molecule has 0 atom stereocenters. The second-order valence-corrected chi connectivity index (χ2v) is 4.65. The van der Waals surface area contributed by atoms with Gasteiger partial charge in [-0.3, -0.25) is 0 Å². The lowest BCUT2D eigenvalue weighted by Gasteiger charge is -1.98. The maximum atomic E-state index is 11.0. The van der Waals surface area contributed by atoms with Gasteiger partial charge in [0, 0.05) is 0 Å². The minimum absolute atomic E-state index is 0.260. The van der Waals surface area contributed by atoms with E-state index in [1.54, 1.807) is 0 Å². The van der Waals surface area contributed by atoms with Gasteiger partial charge < -0.3 is 5.11 Å². The van der Waals surface area contributed by atoms with Crippen molar-refractivity contribution >= 4 is 28.9 Å². The first-order chi connectivity index (χ1) is 8.18. The van der Waals surface area contributed by atoms with Gasteiger partial charge in [-0.15, -0.1) is 11.3 Å². The number of thiophene rings is 1. The molecule has 0 amide bonds. The molecule has 90 valence electrons. The molecule has 1 N–H and O–H groups in total. The average molecular weight is 269 g/mol. The van der Waals surface area contributed by atoms with Gasteiger partial charge in [0.2, 0.25) is 0 Å². The lowest BCUT2D eigenvalue weighted by Crippen LogP contribution is -1.95. The van der Waals surface area contributed by atoms with E-state index in [-0.39, 0.29) is 5.56 Å². The maximum Gasteiger partial charge on any atom is 0.337 e. The summed E-state index contributed by atoms with van der Waals surface area (Å²) in [6.45, 7) is 4.00. The van der Waals surface area contributed by atoms with Crippen LogP contribution < -0.4 is 0 Å². The first kappa shape index (κ1) is 13.7. The zero-order valence-corrected chi connectivity index (χ0v) is 11.2. The van der Waals surface area contributed by atoms with E-state index in [2.05, 4.69) is 0 Å². The molecule has 1 heterocycles. The molecule has 0 aliphatic rings. The Morgan fingerprint density at radius 2 is 1.82 bits per heavy atom. The normalized spacial score (nSPS) is 9.35. The predicted octanol–water partition coefficient (Wildman–Crippen LogP) is 4.79. The summed E-state index contributed by atoms with van der Waals surface area (Å²) in [5, 5.41) is 8.99. The number of halogens is 1. The topological polar surface area (TPSA) is 37.3 Å². The number of benzene rings is 1. The first-order valence-corrected chi connectivity index (χ1v) is 6.46. The van der Waals surface area contributed by atoms with Gasteiger partial charge >= 0.3 is 5.97 Å². The van der Waals surface area contributed by atoms with Crippen LogP contribution in [0.3, 0.4) is 0 Å². The first-order valence-electron chi connectivity index (χ1n) is 5.26. The Morgan fingerprint density at radius 3 is 2.35 bits per heavy atom. The second kappa shape index (κ2) is 6.42. The van der Waals surface area contributed by atoms with E-state index in [4.69, 9.17) is 16.7 Å². The van der Waals surface area contributed by atoms with Crippen LogP contribution in [0.1, 0.15) is 24.2 Å². The molecule has 1 aromatic heterocycles. The number of carboxylic acid groups (broad SMARTS) is 1. The Labute approximate surface area is 109 Å². The fraction of sp³-hybridized carbons (Fsp3) is 0.154. The fourth-order valence-corrected chi connectivity index (χ4v) is 2.55. The molecule has 2 aromatic rings. The predicted molar refractivity (Wildman–Crippen MR) is 73.1 cm³/mol. The third-order valence-corrected chi connectivity index (χ3v) is 3.28. The summed E-state index contributed by atoms with van der Waals surface area (Å²) >= 11 is 7.10. The zero-order valence-electron chi connectivity index (χ0n) is 9.61. The molecule has 0 aliphatic heterocycles. The van der Waals surface area contributed by atoms with Crippen molar-refractivity contribution in [2.45, 2.75) is 13.8 Å². The Kier molecular flexibility index (Phi) is 5.19. The van der Waals surface area contributed by atoms with Crippen LogP contribution >= 0.6 is 22.9 Å². The Morgan fingerprint density at radius 1 is 1.24 bits per heavy atom. The van der Waals surface area contributed by atoms with E-state index < -0.39 is 5.97 Å². The summed E-state index contributed by atoms with van der Waals surface area (Å²) < 4.78 is 0.492. The Hall–Kier alpha value is -1.32.